The molecular weight excluding hydrogens is 335 g/mol. The van der Waals surface area contributed by atoms with Crippen LogP contribution in [0, 0.1) is 0 Å². The Morgan fingerprint density at radius 3 is 2.56 bits per heavy atom. The van der Waals surface area contributed by atoms with E-state index in [1.807, 2.05) is 0 Å². The zero-order valence-electron chi connectivity index (χ0n) is 13.5. The second-order valence-electron chi connectivity index (χ2n) is 5.43. The Kier molecular flexibility index (Phi) is 4.24. The van der Waals surface area contributed by atoms with Crippen LogP contribution >= 0.6 is 0 Å². The predicted molar refractivity (Wildman–Crippen MR) is 85.2 cm³/mol. The number of aryl methyl sites for hydroxylation is 1. The molecule has 0 spiro atoms. The van der Waals surface area contributed by atoms with Crippen molar-refractivity contribution in [2.24, 2.45) is 0 Å². The SMILES string of the molecule is CCc1cc2cc(-c3ccc(C(=O)OC)cn3)cc(C(F)(F)F)c2o1. The van der Waals surface area contributed by atoms with E-state index in [0.29, 0.717) is 28.8 Å². The number of rotatable bonds is 3. The van der Waals surface area contributed by atoms with Crippen molar-refractivity contribution in [3.63, 3.8) is 0 Å². The van der Waals surface area contributed by atoms with E-state index < -0.39 is 17.7 Å². The number of carbonyl (C=O) groups is 1. The Morgan fingerprint density at radius 1 is 1.24 bits per heavy atom. The molecule has 0 N–H and O–H groups in total. The second-order valence-corrected chi connectivity index (χ2v) is 5.43. The number of furan rings is 1. The van der Waals surface area contributed by atoms with Crippen LogP contribution in [0.25, 0.3) is 22.2 Å². The van der Waals surface area contributed by atoms with Crippen molar-refractivity contribution < 1.29 is 27.1 Å². The first kappa shape index (κ1) is 17.0. The number of pyridine rings is 1. The highest BCUT2D eigenvalue weighted by Crippen LogP contribution is 2.39. The van der Waals surface area contributed by atoms with Gasteiger partial charge in [-0.1, -0.05) is 6.92 Å². The fourth-order valence-electron chi connectivity index (χ4n) is 2.54. The zero-order valence-corrected chi connectivity index (χ0v) is 13.5. The number of ether oxygens (including phenoxy) is 1. The zero-order chi connectivity index (χ0) is 18.2. The summed E-state index contributed by atoms with van der Waals surface area (Å²) >= 11 is 0. The first-order valence-corrected chi connectivity index (χ1v) is 7.52. The minimum atomic E-state index is -4.55. The van der Waals surface area contributed by atoms with Gasteiger partial charge in [0.1, 0.15) is 11.3 Å². The molecule has 0 amide bonds. The topological polar surface area (TPSA) is 52.3 Å². The molecule has 0 saturated carbocycles. The summed E-state index contributed by atoms with van der Waals surface area (Å²) in [5.41, 5.74) is -0.197. The first-order chi connectivity index (χ1) is 11.8. The van der Waals surface area contributed by atoms with Crippen LogP contribution in [0.2, 0.25) is 0 Å². The number of halogens is 3. The summed E-state index contributed by atoms with van der Waals surface area (Å²) in [4.78, 5) is 15.5. The van der Waals surface area contributed by atoms with Crippen molar-refractivity contribution in [2.45, 2.75) is 19.5 Å². The third kappa shape index (κ3) is 3.22. The third-order valence-electron chi connectivity index (χ3n) is 3.80. The van der Waals surface area contributed by atoms with E-state index in [-0.39, 0.29) is 11.1 Å². The standard InChI is InChI=1S/C18H14F3NO3/c1-3-13-7-12-6-11(8-14(16(12)25-13)18(19,20)21)15-5-4-10(9-22-15)17(23)24-2/h4-9H,3H2,1-2H3. The number of nitrogens with zero attached hydrogens (tertiary/aromatic N) is 1. The summed E-state index contributed by atoms with van der Waals surface area (Å²) in [5.74, 6) is -0.0837. The lowest BCUT2D eigenvalue weighted by Gasteiger charge is -2.10. The molecule has 0 aliphatic rings. The molecule has 7 heteroatoms. The van der Waals surface area contributed by atoms with Gasteiger partial charge in [0.05, 0.1) is 23.9 Å². The molecule has 0 aliphatic carbocycles. The molecule has 0 radical (unpaired) electrons. The molecule has 0 unspecified atom stereocenters. The monoisotopic (exact) mass is 349 g/mol. The van der Waals surface area contributed by atoms with E-state index >= 15 is 0 Å². The molecule has 0 aliphatic heterocycles. The summed E-state index contributed by atoms with van der Waals surface area (Å²) < 4.78 is 50.1. The fourth-order valence-corrected chi connectivity index (χ4v) is 2.54. The van der Waals surface area contributed by atoms with Gasteiger partial charge in [-0.25, -0.2) is 4.79 Å². The highest BCUT2D eigenvalue weighted by Gasteiger charge is 2.35. The molecule has 4 nitrogen and oxygen atoms in total. The maximum atomic E-state index is 13.4. The molecule has 1 aromatic carbocycles. The molecular formula is C18H14F3NO3. The molecule has 3 rings (SSSR count). The Balaban J connectivity index is 2.14. The lowest BCUT2D eigenvalue weighted by atomic mass is 10.0. The Morgan fingerprint density at radius 2 is 2.00 bits per heavy atom. The van der Waals surface area contributed by atoms with Crippen LogP contribution in [-0.2, 0) is 17.3 Å². The van der Waals surface area contributed by atoms with E-state index in [2.05, 4.69) is 9.72 Å². The molecule has 25 heavy (non-hydrogen) atoms. The van der Waals surface area contributed by atoms with E-state index in [4.69, 9.17) is 4.42 Å². The first-order valence-electron chi connectivity index (χ1n) is 7.52. The van der Waals surface area contributed by atoms with Gasteiger partial charge in [0.15, 0.2) is 0 Å². The van der Waals surface area contributed by atoms with Gasteiger partial charge < -0.3 is 9.15 Å². The van der Waals surface area contributed by atoms with Gasteiger partial charge in [0.2, 0.25) is 0 Å². The predicted octanol–water partition coefficient (Wildman–Crippen LogP) is 4.86. The fraction of sp³-hybridized carbons (Fsp3) is 0.222. The van der Waals surface area contributed by atoms with Crippen molar-refractivity contribution in [3.05, 3.63) is 53.4 Å². The molecule has 0 saturated heterocycles. The molecule has 130 valence electrons. The minimum absolute atomic E-state index is 0.181. The van der Waals surface area contributed by atoms with Crippen LogP contribution < -0.4 is 0 Å². The number of benzene rings is 1. The van der Waals surface area contributed by atoms with E-state index in [1.54, 1.807) is 19.1 Å². The maximum absolute atomic E-state index is 13.4. The van der Waals surface area contributed by atoms with Gasteiger partial charge in [-0.2, -0.15) is 13.2 Å². The Labute approximate surface area is 141 Å². The lowest BCUT2D eigenvalue weighted by Crippen LogP contribution is -2.06. The van der Waals surface area contributed by atoms with E-state index in [0.717, 1.165) is 6.07 Å². The van der Waals surface area contributed by atoms with Crippen LogP contribution in [0.1, 0.15) is 28.6 Å². The van der Waals surface area contributed by atoms with Crippen LogP contribution in [0.3, 0.4) is 0 Å². The van der Waals surface area contributed by atoms with Crippen LogP contribution in [0.5, 0.6) is 0 Å². The largest absolute Gasteiger partial charge is 0.465 e. The maximum Gasteiger partial charge on any atom is 0.420 e. The summed E-state index contributed by atoms with van der Waals surface area (Å²) in [7, 11) is 1.24. The van der Waals surface area contributed by atoms with E-state index in [9.17, 15) is 18.0 Å². The van der Waals surface area contributed by atoms with Crippen LogP contribution in [-0.4, -0.2) is 18.1 Å². The number of hydrogen-bond donors (Lipinski definition) is 0. The van der Waals surface area contributed by atoms with Crippen LogP contribution in [0.4, 0.5) is 13.2 Å². The van der Waals surface area contributed by atoms with Gasteiger partial charge >= 0.3 is 12.1 Å². The summed E-state index contributed by atoms with van der Waals surface area (Å²) in [5, 5.41) is 0.362. The third-order valence-corrected chi connectivity index (χ3v) is 3.80. The lowest BCUT2D eigenvalue weighted by molar-refractivity contribution is -0.136. The van der Waals surface area contributed by atoms with Gasteiger partial charge in [-0.3, -0.25) is 4.98 Å². The Bertz CT molecular complexity index is 927. The van der Waals surface area contributed by atoms with Crippen molar-refractivity contribution in [1.82, 2.24) is 4.98 Å². The number of methoxy groups -OCH3 is 1. The number of aromatic nitrogens is 1. The average molecular weight is 349 g/mol. The quantitative estimate of drug-likeness (QED) is 0.634. The molecule has 0 bridgehead atoms. The number of fused-ring (bicyclic) bond motifs is 1. The molecule has 2 heterocycles. The minimum Gasteiger partial charge on any atom is -0.465 e. The number of alkyl halides is 3. The summed E-state index contributed by atoms with van der Waals surface area (Å²) in [6.07, 6.45) is -2.79. The summed E-state index contributed by atoms with van der Waals surface area (Å²) in [6.45, 7) is 1.80. The summed E-state index contributed by atoms with van der Waals surface area (Å²) in [6, 6.07) is 7.13. The molecule has 3 aromatic rings. The van der Waals surface area contributed by atoms with Crippen molar-refractivity contribution in [1.29, 1.82) is 0 Å². The van der Waals surface area contributed by atoms with Crippen molar-refractivity contribution in [3.8, 4) is 11.3 Å². The van der Waals surface area contributed by atoms with Gasteiger partial charge in [0, 0.05) is 23.6 Å². The average Bonchev–Trinajstić information content (AvgIpc) is 3.02. The van der Waals surface area contributed by atoms with Gasteiger partial charge in [-0.05, 0) is 30.3 Å². The van der Waals surface area contributed by atoms with E-state index in [1.165, 1.54) is 25.4 Å². The Hall–Kier alpha value is -2.83. The number of carbonyl (C=O) groups excluding carboxylic acids is 1. The molecule has 0 atom stereocenters. The molecule has 0 fully saturated rings. The number of esters is 1. The highest BCUT2D eigenvalue weighted by molar-refractivity contribution is 5.90. The second kappa shape index (κ2) is 6.23. The van der Waals surface area contributed by atoms with Crippen molar-refractivity contribution >= 4 is 16.9 Å². The highest BCUT2D eigenvalue weighted by atomic mass is 19.4. The normalized spacial score (nSPS) is 11.7. The van der Waals surface area contributed by atoms with Gasteiger partial charge in [-0.15, -0.1) is 0 Å². The van der Waals surface area contributed by atoms with Gasteiger partial charge in [0.25, 0.3) is 0 Å². The van der Waals surface area contributed by atoms with Crippen molar-refractivity contribution in [2.75, 3.05) is 7.11 Å². The smallest absolute Gasteiger partial charge is 0.420 e. The number of hydrogen-bond acceptors (Lipinski definition) is 4. The van der Waals surface area contributed by atoms with Crippen LogP contribution in [0.15, 0.2) is 40.9 Å². The molecule has 2 aromatic heterocycles.